The number of thiazole rings is 1. The molecule has 0 fully saturated rings. The normalized spacial score (nSPS) is 10.5. The first kappa shape index (κ1) is 23.3. The number of benzene rings is 2. The van der Waals surface area contributed by atoms with Gasteiger partial charge in [0.1, 0.15) is 12.4 Å². The predicted molar refractivity (Wildman–Crippen MR) is 125 cm³/mol. The van der Waals surface area contributed by atoms with E-state index >= 15 is 0 Å². The van der Waals surface area contributed by atoms with E-state index < -0.39 is 5.97 Å². The number of nitrogens with zero attached hydrogens (tertiary/aromatic N) is 3. The Bertz CT molecular complexity index is 1060. The monoisotopic (exact) mass is 453 g/mol. The van der Waals surface area contributed by atoms with Crippen molar-refractivity contribution < 1.29 is 19.1 Å². The maximum Gasteiger partial charge on any atom is 0.338 e. The molecule has 1 amide bonds. The van der Waals surface area contributed by atoms with Crippen molar-refractivity contribution in [3.8, 4) is 5.75 Å². The molecular weight excluding hydrogens is 426 g/mol. The summed E-state index contributed by atoms with van der Waals surface area (Å²) in [4.78, 5) is 32.7. The number of carbonyl (C=O) groups excluding carboxylic acids is 2. The molecule has 168 valence electrons. The number of rotatable bonds is 9. The Morgan fingerprint density at radius 1 is 1.06 bits per heavy atom. The van der Waals surface area contributed by atoms with E-state index in [0.717, 1.165) is 22.0 Å². The average Bonchev–Trinajstić information content (AvgIpc) is 3.21. The standard InChI is InChI=1S/C24H27N3O4S/c1-17-25-20(16-32-17)14-30-22-7-5-6-19(12-22)24(29)31-15-23(28)27(4)13-18-8-10-21(11-9-18)26(2)3/h5-12,16H,13-15H2,1-4H3. The summed E-state index contributed by atoms with van der Waals surface area (Å²) in [5, 5.41) is 2.91. The van der Waals surface area contributed by atoms with E-state index in [-0.39, 0.29) is 12.5 Å². The summed E-state index contributed by atoms with van der Waals surface area (Å²) >= 11 is 1.56. The van der Waals surface area contributed by atoms with E-state index in [4.69, 9.17) is 9.47 Å². The van der Waals surface area contributed by atoms with Gasteiger partial charge in [-0.1, -0.05) is 18.2 Å². The molecule has 0 bridgehead atoms. The average molecular weight is 454 g/mol. The minimum Gasteiger partial charge on any atom is -0.487 e. The zero-order valence-corrected chi connectivity index (χ0v) is 19.5. The van der Waals surface area contributed by atoms with Crippen LogP contribution in [0.25, 0.3) is 0 Å². The molecule has 0 radical (unpaired) electrons. The van der Waals surface area contributed by atoms with E-state index in [9.17, 15) is 9.59 Å². The molecule has 0 aliphatic carbocycles. The quantitative estimate of drug-likeness (QED) is 0.458. The number of amides is 1. The highest BCUT2D eigenvalue weighted by Gasteiger charge is 2.15. The summed E-state index contributed by atoms with van der Waals surface area (Å²) in [5.41, 5.74) is 3.25. The molecule has 0 unspecified atom stereocenters. The maximum absolute atomic E-state index is 12.4. The van der Waals surface area contributed by atoms with Gasteiger partial charge in [-0.25, -0.2) is 9.78 Å². The number of hydrogen-bond acceptors (Lipinski definition) is 7. The third-order valence-corrected chi connectivity index (χ3v) is 5.57. The van der Waals surface area contributed by atoms with Gasteiger partial charge in [-0.05, 0) is 42.8 Å². The third kappa shape index (κ3) is 6.55. The molecular formula is C24H27N3O4S. The van der Waals surface area contributed by atoms with Crippen molar-refractivity contribution in [2.45, 2.75) is 20.1 Å². The van der Waals surface area contributed by atoms with Gasteiger partial charge in [0.05, 0.1) is 16.3 Å². The maximum atomic E-state index is 12.4. The molecule has 0 atom stereocenters. The van der Waals surface area contributed by atoms with Crippen LogP contribution in [0.5, 0.6) is 5.75 Å². The fourth-order valence-electron chi connectivity index (χ4n) is 2.93. The van der Waals surface area contributed by atoms with Crippen LogP contribution in [-0.2, 0) is 22.7 Å². The van der Waals surface area contributed by atoms with Crippen LogP contribution in [0.1, 0.15) is 26.6 Å². The molecule has 0 spiro atoms. The molecule has 32 heavy (non-hydrogen) atoms. The number of esters is 1. The Morgan fingerprint density at radius 3 is 2.47 bits per heavy atom. The minimum atomic E-state index is -0.572. The molecule has 0 saturated heterocycles. The van der Waals surface area contributed by atoms with Crippen LogP contribution >= 0.6 is 11.3 Å². The summed E-state index contributed by atoms with van der Waals surface area (Å²) in [6.45, 7) is 2.36. The number of ether oxygens (including phenoxy) is 2. The van der Waals surface area contributed by atoms with Crippen LogP contribution < -0.4 is 9.64 Å². The number of aromatic nitrogens is 1. The Hall–Kier alpha value is -3.39. The van der Waals surface area contributed by atoms with E-state index in [1.807, 2.05) is 55.6 Å². The molecule has 2 aromatic carbocycles. The Morgan fingerprint density at radius 2 is 1.81 bits per heavy atom. The molecule has 7 nitrogen and oxygen atoms in total. The van der Waals surface area contributed by atoms with Crippen molar-refractivity contribution in [1.82, 2.24) is 9.88 Å². The topological polar surface area (TPSA) is 72.0 Å². The number of carbonyl (C=O) groups is 2. The summed E-state index contributed by atoms with van der Waals surface area (Å²) in [6.07, 6.45) is 0. The SMILES string of the molecule is Cc1nc(COc2cccc(C(=O)OCC(=O)N(C)Cc3ccc(N(C)C)cc3)c2)cs1. The highest BCUT2D eigenvalue weighted by atomic mass is 32.1. The Balaban J connectivity index is 1.49. The van der Waals surface area contributed by atoms with Crippen molar-refractivity contribution in [2.24, 2.45) is 0 Å². The first-order valence-corrected chi connectivity index (χ1v) is 11.0. The molecule has 3 rings (SSSR count). The zero-order valence-electron chi connectivity index (χ0n) is 18.7. The first-order valence-electron chi connectivity index (χ1n) is 10.1. The van der Waals surface area contributed by atoms with Crippen molar-refractivity contribution >= 4 is 28.9 Å². The van der Waals surface area contributed by atoms with E-state index in [1.54, 1.807) is 42.6 Å². The van der Waals surface area contributed by atoms with Gasteiger partial charge in [-0.2, -0.15) is 0 Å². The van der Waals surface area contributed by atoms with Gasteiger partial charge in [0, 0.05) is 38.8 Å². The van der Waals surface area contributed by atoms with E-state index in [2.05, 4.69) is 4.98 Å². The lowest BCUT2D eigenvalue weighted by Gasteiger charge is -2.18. The molecule has 1 aromatic heterocycles. The minimum absolute atomic E-state index is 0.277. The van der Waals surface area contributed by atoms with Crippen LogP contribution in [0.3, 0.4) is 0 Å². The smallest absolute Gasteiger partial charge is 0.338 e. The van der Waals surface area contributed by atoms with Crippen molar-refractivity contribution in [3.05, 3.63) is 75.7 Å². The summed E-state index contributed by atoms with van der Waals surface area (Å²) in [6, 6.07) is 14.6. The van der Waals surface area contributed by atoms with Gasteiger partial charge in [0.25, 0.3) is 5.91 Å². The van der Waals surface area contributed by atoms with Gasteiger partial charge < -0.3 is 19.3 Å². The fraction of sp³-hybridized carbons (Fsp3) is 0.292. The second-order valence-electron chi connectivity index (χ2n) is 7.56. The number of hydrogen-bond donors (Lipinski definition) is 0. The van der Waals surface area contributed by atoms with E-state index in [0.29, 0.717) is 24.5 Å². The first-order chi connectivity index (χ1) is 15.3. The van der Waals surface area contributed by atoms with E-state index in [1.165, 1.54) is 4.90 Å². The summed E-state index contributed by atoms with van der Waals surface area (Å²) < 4.78 is 10.9. The summed E-state index contributed by atoms with van der Waals surface area (Å²) in [7, 11) is 5.63. The van der Waals surface area contributed by atoms with Crippen LogP contribution in [0, 0.1) is 6.92 Å². The largest absolute Gasteiger partial charge is 0.487 e. The summed E-state index contributed by atoms with van der Waals surface area (Å²) in [5.74, 6) is -0.312. The van der Waals surface area contributed by atoms with Gasteiger partial charge in [0.2, 0.25) is 0 Å². The second-order valence-corrected chi connectivity index (χ2v) is 8.62. The number of likely N-dealkylation sites (N-methyl/N-ethyl adjacent to an activating group) is 1. The zero-order chi connectivity index (χ0) is 23.1. The lowest BCUT2D eigenvalue weighted by Crippen LogP contribution is -2.30. The van der Waals surface area contributed by atoms with Crippen LogP contribution in [-0.4, -0.2) is 49.5 Å². The molecule has 0 N–H and O–H groups in total. The fourth-order valence-corrected chi connectivity index (χ4v) is 3.52. The second kappa shape index (κ2) is 10.8. The number of anilines is 1. The lowest BCUT2D eigenvalue weighted by atomic mass is 10.2. The molecule has 3 aromatic rings. The van der Waals surface area contributed by atoms with Crippen LogP contribution in [0.4, 0.5) is 5.69 Å². The van der Waals surface area contributed by atoms with Gasteiger partial charge >= 0.3 is 5.97 Å². The Kier molecular flexibility index (Phi) is 7.83. The van der Waals surface area contributed by atoms with Crippen LogP contribution in [0.2, 0.25) is 0 Å². The third-order valence-electron chi connectivity index (χ3n) is 4.75. The van der Waals surface area contributed by atoms with Crippen molar-refractivity contribution in [3.63, 3.8) is 0 Å². The number of aryl methyl sites for hydroxylation is 1. The highest BCUT2D eigenvalue weighted by Crippen LogP contribution is 2.17. The van der Waals surface area contributed by atoms with Gasteiger partial charge in [-0.15, -0.1) is 11.3 Å². The molecule has 8 heteroatoms. The van der Waals surface area contributed by atoms with Crippen molar-refractivity contribution in [2.75, 3.05) is 32.6 Å². The van der Waals surface area contributed by atoms with Crippen LogP contribution in [0.15, 0.2) is 53.9 Å². The molecule has 1 heterocycles. The van der Waals surface area contributed by atoms with Crippen molar-refractivity contribution in [1.29, 1.82) is 0 Å². The molecule has 0 aliphatic rings. The lowest BCUT2D eigenvalue weighted by molar-refractivity contribution is -0.133. The Labute approximate surface area is 192 Å². The molecule has 0 aliphatic heterocycles. The highest BCUT2D eigenvalue weighted by molar-refractivity contribution is 7.09. The van der Waals surface area contributed by atoms with Gasteiger partial charge in [0.15, 0.2) is 6.61 Å². The van der Waals surface area contributed by atoms with Gasteiger partial charge in [-0.3, -0.25) is 4.79 Å². The molecule has 0 saturated carbocycles. The predicted octanol–water partition coefficient (Wildman–Crippen LogP) is 3.91.